The maximum Gasteiger partial charge on any atom is 0.265 e. The SMILES string of the molecule is COc1cccc(C(=O)NCCNc2cccc(NS(=O)(=O)c3cc(-c4cc(F)ccc4F)ccc3OC)c2)c1. The number of sulfonamides is 1. The summed E-state index contributed by atoms with van der Waals surface area (Å²) in [5.41, 5.74) is 1.43. The summed E-state index contributed by atoms with van der Waals surface area (Å²) in [7, 11) is -1.35. The highest BCUT2D eigenvalue weighted by atomic mass is 32.2. The third kappa shape index (κ3) is 6.86. The van der Waals surface area contributed by atoms with E-state index in [-0.39, 0.29) is 33.4 Å². The molecular formula is C29H27F2N3O5S. The zero-order chi connectivity index (χ0) is 28.7. The molecule has 4 rings (SSSR count). The van der Waals surface area contributed by atoms with Crippen LogP contribution in [0.3, 0.4) is 0 Å². The van der Waals surface area contributed by atoms with Crippen LogP contribution in [0.15, 0.2) is 89.8 Å². The van der Waals surface area contributed by atoms with Crippen LogP contribution in [0.2, 0.25) is 0 Å². The second kappa shape index (κ2) is 12.5. The van der Waals surface area contributed by atoms with E-state index in [1.807, 2.05) is 0 Å². The number of rotatable bonds is 11. The molecule has 0 aliphatic heterocycles. The Hall–Kier alpha value is -4.64. The molecule has 40 heavy (non-hydrogen) atoms. The standard InChI is InChI=1S/C29H27F2N3O5S/c1-38-24-8-3-5-20(15-24)29(35)33-14-13-32-22-6-4-7-23(18-22)34-40(36,37)28-16-19(9-12-27(28)39-2)25-17-21(30)10-11-26(25)31/h3-12,15-18,32,34H,13-14H2,1-2H3,(H,33,35). The number of halogens is 2. The van der Waals surface area contributed by atoms with Crippen LogP contribution < -0.4 is 24.8 Å². The molecule has 0 spiro atoms. The molecule has 0 aliphatic carbocycles. The highest BCUT2D eigenvalue weighted by Crippen LogP contribution is 2.33. The number of benzene rings is 4. The largest absolute Gasteiger partial charge is 0.497 e. The normalized spacial score (nSPS) is 11.0. The summed E-state index contributed by atoms with van der Waals surface area (Å²) in [6, 6.07) is 20.4. The minimum Gasteiger partial charge on any atom is -0.497 e. The smallest absolute Gasteiger partial charge is 0.265 e. The van der Waals surface area contributed by atoms with Crippen molar-refractivity contribution in [2.45, 2.75) is 4.90 Å². The molecule has 208 valence electrons. The minimum atomic E-state index is -4.19. The number of ether oxygens (including phenoxy) is 2. The van der Waals surface area contributed by atoms with Crippen LogP contribution in [0.1, 0.15) is 10.4 Å². The van der Waals surface area contributed by atoms with Gasteiger partial charge in [0.05, 0.1) is 19.9 Å². The van der Waals surface area contributed by atoms with Crippen LogP contribution in [-0.2, 0) is 10.0 Å². The Morgan fingerprint density at radius 3 is 2.38 bits per heavy atom. The van der Waals surface area contributed by atoms with E-state index in [0.717, 1.165) is 18.2 Å². The van der Waals surface area contributed by atoms with Gasteiger partial charge >= 0.3 is 0 Å². The van der Waals surface area contributed by atoms with Crippen molar-refractivity contribution in [3.8, 4) is 22.6 Å². The Morgan fingerprint density at radius 2 is 1.60 bits per heavy atom. The molecule has 0 aliphatic rings. The van der Waals surface area contributed by atoms with Crippen molar-refractivity contribution >= 4 is 27.3 Å². The summed E-state index contributed by atoms with van der Waals surface area (Å²) >= 11 is 0. The third-order valence-electron chi connectivity index (χ3n) is 5.88. The van der Waals surface area contributed by atoms with Crippen molar-refractivity contribution in [1.29, 1.82) is 0 Å². The summed E-state index contributed by atoms with van der Waals surface area (Å²) in [6.45, 7) is 0.688. The van der Waals surface area contributed by atoms with Gasteiger partial charge in [-0.05, 0) is 72.3 Å². The number of nitrogens with one attached hydrogen (secondary N) is 3. The molecule has 0 unspecified atom stereocenters. The highest BCUT2D eigenvalue weighted by Gasteiger charge is 2.22. The van der Waals surface area contributed by atoms with Gasteiger partial charge in [-0.15, -0.1) is 0 Å². The average molecular weight is 568 g/mol. The molecule has 0 radical (unpaired) electrons. The fourth-order valence-corrected chi connectivity index (χ4v) is 5.17. The summed E-state index contributed by atoms with van der Waals surface area (Å²) < 4.78 is 67.6. The van der Waals surface area contributed by atoms with E-state index in [1.165, 1.54) is 32.4 Å². The number of hydrogen-bond acceptors (Lipinski definition) is 6. The molecule has 0 aromatic heterocycles. The first-order valence-corrected chi connectivity index (χ1v) is 13.6. The molecule has 4 aromatic rings. The lowest BCUT2D eigenvalue weighted by molar-refractivity contribution is 0.0955. The number of carbonyl (C=O) groups is 1. The van der Waals surface area contributed by atoms with Gasteiger partial charge in [0.1, 0.15) is 28.0 Å². The van der Waals surface area contributed by atoms with Gasteiger partial charge in [0.2, 0.25) is 0 Å². The van der Waals surface area contributed by atoms with Crippen LogP contribution in [0, 0.1) is 11.6 Å². The van der Waals surface area contributed by atoms with E-state index in [4.69, 9.17) is 9.47 Å². The average Bonchev–Trinajstić information content (AvgIpc) is 2.96. The van der Waals surface area contributed by atoms with Gasteiger partial charge in [-0.2, -0.15) is 0 Å². The van der Waals surface area contributed by atoms with Crippen molar-refractivity contribution < 1.29 is 31.5 Å². The molecule has 0 atom stereocenters. The first-order valence-electron chi connectivity index (χ1n) is 12.1. The van der Waals surface area contributed by atoms with Crippen LogP contribution in [-0.4, -0.2) is 41.6 Å². The van der Waals surface area contributed by atoms with Crippen LogP contribution in [0.4, 0.5) is 20.2 Å². The number of carbonyl (C=O) groups excluding carboxylic acids is 1. The molecule has 11 heteroatoms. The van der Waals surface area contributed by atoms with Crippen molar-refractivity contribution in [3.63, 3.8) is 0 Å². The Bertz CT molecular complexity index is 1630. The van der Waals surface area contributed by atoms with Crippen LogP contribution >= 0.6 is 0 Å². The predicted molar refractivity (Wildman–Crippen MR) is 149 cm³/mol. The molecule has 0 saturated carbocycles. The molecule has 3 N–H and O–H groups in total. The number of anilines is 2. The monoisotopic (exact) mass is 567 g/mol. The van der Waals surface area contributed by atoms with Gasteiger partial charge < -0.3 is 20.1 Å². The van der Waals surface area contributed by atoms with Crippen molar-refractivity contribution in [2.75, 3.05) is 37.3 Å². The number of methoxy groups -OCH3 is 2. The van der Waals surface area contributed by atoms with Gasteiger partial charge in [-0.3, -0.25) is 9.52 Å². The molecule has 4 aromatic carbocycles. The van der Waals surface area contributed by atoms with Gasteiger partial charge in [-0.25, -0.2) is 17.2 Å². The summed E-state index contributed by atoms with van der Waals surface area (Å²) in [4.78, 5) is 12.1. The molecule has 0 bridgehead atoms. The van der Waals surface area contributed by atoms with E-state index >= 15 is 0 Å². The second-order valence-corrected chi connectivity index (χ2v) is 10.2. The minimum absolute atomic E-state index is 0.0362. The lowest BCUT2D eigenvalue weighted by Gasteiger charge is -2.15. The predicted octanol–water partition coefficient (Wildman–Crippen LogP) is 5.29. The van der Waals surface area contributed by atoms with Crippen molar-refractivity contribution in [3.05, 3.63) is 102 Å². The van der Waals surface area contributed by atoms with E-state index in [0.29, 0.717) is 30.1 Å². The quantitative estimate of drug-likeness (QED) is 0.213. The Kier molecular flexibility index (Phi) is 8.85. The first kappa shape index (κ1) is 28.4. The fourth-order valence-electron chi connectivity index (χ4n) is 3.92. The lowest BCUT2D eigenvalue weighted by atomic mass is 10.0. The topological polar surface area (TPSA) is 106 Å². The Labute approximate surface area is 231 Å². The highest BCUT2D eigenvalue weighted by molar-refractivity contribution is 7.92. The molecule has 0 fully saturated rings. The third-order valence-corrected chi connectivity index (χ3v) is 7.28. The summed E-state index contributed by atoms with van der Waals surface area (Å²) in [5, 5.41) is 5.93. The van der Waals surface area contributed by atoms with E-state index in [2.05, 4.69) is 15.4 Å². The molecule has 0 heterocycles. The number of hydrogen-bond donors (Lipinski definition) is 3. The van der Waals surface area contributed by atoms with Gasteiger partial charge in [0.25, 0.3) is 15.9 Å². The Balaban J connectivity index is 1.44. The molecular weight excluding hydrogens is 540 g/mol. The van der Waals surface area contributed by atoms with E-state index < -0.39 is 21.7 Å². The van der Waals surface area contributed by atoms with Crippen molar-refractivity contribution in [2.24, 2.45) is 0 Å². The maximum atomic E-state index is 14.3. The fraction of sp³-hybridized carbons (Fsp3) is 0.138. The maximum absolute atomic E-state index is 14.3. The summed E-state index contributed by atoms with van der Waals surface area (Å²) in [6.07, 6.45) is 0. The zero-order valence-corrected chi connectivity index (χ0v) is 22.5. The molecule has 1 amide bonds. The lowest BCUT2D eigenvalue weighted by Crippen LogP contribution is -2.28. The van der Waals surface area contributed by atoms with E-state index in [9.17, 15) is 22.0 Å². The molecule has 8 nitrogen and oxygen atoms in total. The van der Waals surface area contributed by atoms with Crippen LogP contribution in [0.25, 0.3) is 11.1 Å². The molecule has 0 saturated heterocycles. The second-order valence-electron chi connectivity index (χ2n) is 8.59. The number of amides is 1. The van der Waals surface area contributed by atoms with Crippen molar-refractivity contribution in [1.82, 2.24) is 5.32 Å². The van der Waals surface area contributed by atoms with Gasteiger partial charge in [-0.1, -0.05) is 18.2 Å². The Morgan fingerprint density at radius 1 is 0.825 bits per heavy atom. The zero-order valence-electron chi connectivity index (χ0n) is 21.7. The van der Waals surface area contributed by atoms with Gasteiger partial charge in [0, 0.05) is 29.9 Å². The van der Waals surface area contributed by atoms with E-state index in [1.54, 1.807) is 48.5 Å². The van der Waals surface area contributed by atoms with Crippen LogP contribution in [0.5, 0.6) is 11.5 Å². The summed E-state index contributed by atoms with van der Waals surface area (Å²) in [5.74, 6) is -0.985. The van der Waals surface area contributed by atoms with Gasteiger partial charge in [0.15, 0.2) is 0 Å². The first-order chi connectivity index (χ1) is 19.2.